The van der Waals surface area contributed by atoms with Gasteiger partial charge in [0.25, 0.3) is 0 Å². The van der Waals surface area contributed by atoms with Gasteiger partial charge in [0.1, 0.15) is 5.75 Å². The zero-order valence-electron chi connectivity index (χ0n) is 14.8. The van der Waals surface area contributed by atoms with Gasteiger partial charge in [-0.3, -0.25) is 4.99 Å². The van der Waals surface area contributed by atoms with Crippen LogP contribution in [0.1, 0.15) is 17.4 Å². The van der Waals surface area contributed by atoms with Crippen molar-refractivity contribution in [2.24, 2.45) is 4.99 Å². The lowest BCUT2D eigenvalue weighted by atomic mass is 10.1. The number of thiophene rings is 1. The molecule has 0 spiro atoms. The Labute approximate surface area is 149 Å². The molecule has 0 unspecified atom stereocenters. The molecule has 0 bridgehead atoms. The Balaban J connectivity index is 1.86. The van der Waals surface area contributed by atoms with Crippen LogP contribution in [0.15, 0.2) is 46.8 Å². The van der Waals surface area contributed by atoms with Crippen LogP contribution in [-0.2, 0) is 12.8 Å². The molecule has 1 aromatic heterocycles. The molecule has 1 N–H and O–H groups in total. The number of nitrogens with one attached hydrogen (secondary N) is 1. The topological polar surface area (TPSA) is 36.9 Å². The van der Waals surface area contributed by atoms with Gasteiger partial charge in [0.05, 0.1) is 7.11 Å². The lowest BCUT2D eigenvalue weighted by Crippen LogP contribution is -2.40. The normalized spacial score (nSPS) is 11.4. The molecule has 1 aromatic carbocycles. The number of rotatable bonds is 8. The molecule has 0 aliphatic carbocycles. The first-order valence-corrected chi connectivity index (χ1v) is 9.25. The standard InChI is InChI=1S/C19H27N3OS/c1-4-20-19(22(2)14-12-18-6-5-15-24-18)21-13-11-16-7-9-17(23-3)10-8-16/h5-10,15H,4,11-14H2,1-3H3,(H,20,21). The van der Waals surface area contributed by atoms with Gasteiger partial charge >= 0.3 is 0 Å². The molecule has 4 nitrogen and oxygen atoms in total. The van der Waals surface area contributed by atoms with Gasteiger partial charge < -0.3 is 15.0 Å². The van der Waals surface area contributed by atoms with Crippen molar-refractivity contribution in [2.75, 3.05) is 33.8 Å². The van der Waals surface area contributed by atoms with Crippen LogP contribution >= 0.6 is 11.3 Å². The van der Waals surface area contributed by atoms with Crippen molar-refractivity contribution in [1.29, 1.82) is 0 Å². The Morgan fingerprint density at radius 2 is 2.00 bits per heavy atom. The lowest BCUT2D eigenvalue weighted by molar-refractivity contribution is 0.414. The first kappa shape index (κ1) is 18.3. The molecule has 0 saturated carbocycles. The highest BCUT2D eigenvalue weighted by Crippen LogP contribution is 2.12. The molecule has 0 aliphatic rings. The number of nitrogens with zero attached hydrogens (tertiary/aromatic N) is 2. The average molecular weight is 346 g/mol. The minimum absolute atomic E-state index is 0.776. The molecule has 0 aliphatic heterocycles. The first-order valence-electron chi connectivity index (χ1n) is 8.37. The number of likely N-dealkylation sites (N-methyl/N-ethyl adjacent to an activating group) is 1. The monoisotopic (exact) mass is 345 g/mol. The van der Waals surface area contributed by atoms with Crippen LogP contribution < -0.4 is 10.1 Å². The lowest BCUT2D eigenvalue weighted by Gasteiger charge is -2.21. The van der Waals surface area contributed by atoms with Crippen molar-refractivity contribution < 1.29 is 4.74 Å². The zero-order valence-corrected chi connectivity index (χ0v) is 15.6. The van der Waals surface area contributed by atoms with Gasteiger partial charge in [-0.25, -0.2) is 0 Å². The van der Waals surface area contributed by atoms with Crippen LogP contribution in [0.3, 0.4) is 0 Å². The number of benzene rings is 1. The van der Waals surface area contributed by atoms with Crippen molar-refractivity contribution >= 4 is 17.3 Å². The van der Waals surface area contributed by atoms with Crippen molar-refractivity contribution in [3.63, 3.8) is 0 Å². The van der Waals surface area contributed by atoms with Gasteiger partial charge in [0.15, 0.2) is 5.96 Å². The van der Waals surface area contributed by atoms with Gasteiger partial charge in [-0.15, -0.1) is 11.3 Å². The first-order chi connectivity index (χ1) is 11.7. The molecule has 0 fully saturated rings. The number of hydrogen-bond acceptors (Lipinski definition) is 3. The predicted octanol–water partition coefficient (Wildman–Crippen LogP) is 3.44. The van der Waals surface area contributed by atoms with Gasteiger partial charge in [-0.05, 0) is 48.9 Å². The van der Waals surface area contributed by atoms with Gasteiger partial charge in [0.2, 0.25) is 0 Å². The highest BCUT2D eigenvalue weighted by Gasteiger charge is 2.06. The maximum Gasteiger partial charge on any atom is 0.193 e. The van der Waals surface area contributed by atoms with E-state index in [9.17, 15) is 0 Å². The number of aliphatic imine (C=N–C) groups is 1. The molecule has 5 heteroatoms. The summed E-state index contributed by atoms with van der Waals surface area (Å²) in [7, 11) is 3.79. The molecule has 0 radical (unpaired) electrons. The maximum absolute atomic E-state index is 5.19. The van der Waals surface area contributed by atoms with E-state index in [1.54, 1.807) is 7.11 Å². The molecule has 130 valence electrons. The fourth-order valence-electron chi connectivity index (χ4n) is 2.39. The maximum atomic E-state index is 5.19. The summed E-state index contributed by atoms with van der Waals surface area (Å²) in [6.45, 7) is 4.73. The van der Waals surface area contributed by atoms with E-state index in [0.717, 1.165) is 44.2 Å². The summed E-state index contributed by atoms with van der Waals surface area (Å²) in [5.41, 5.74) is 1.27. The van der Waals surface area contributed by atoms with E-state index in [2.05, 4.69) is 53.8 Å². The second-order valence-electron chi connectivity index (χ2n) is 5.58. The summed E-state index contributed by atoms with van der Waals surface area (Å²) >= 11 is 1.81. The number of hydrogen-bond donors (Lipinski definition) is 1. The Hall–Kier alpha value is -2.01. The summed E-state index contributed by atoms with van der Waals surface area (Å²) in [5, 5.41) is 5.50. The van der Waals surface area contributed by atoms with Gasteiger partial charge in [-0.2, -0.15) is 0 Å². The number of ether oxygens (including phenoxy) is 1. The van der Waals surface area contributed by atoms with E-state index in [1.165, 1.54) is 10.4 Å². The fourth-order valence-corrected chi connectivity index (χ4v) is 3.09. The van der Waals surface area contributed by atoms with Crippen LogP contribution in [0, 0.1) is 0 Å². The van der Waals surface area contributed by atoms with Crippen LogP contribution in [0.4, 0.5) is 0 Å². The van der Waals surface area contributed by atoms with Crippen LogP contribution in [0.5, 0.6) is 5.75 Å². The molecule has 24 heavy (non-hydrogen) atoms. The quantitative estimate of drug-likeness (QED) is 0.588. The molecule has 0 saturated heterocycles. The Morgan fingerprint density at radius 1 is 1.21 bits per heavy atom. The predicted molar refractivity (Wildman–Crippen MR) is 103 cm³/mol. The summed E-state index contributed by atoms with van der Waals surface area (Å²) in [4.78, 5) is 8.37. The SMILES string of the molecule is CCNC(=NCCc1ccc(OC)cc1)N(C)CCc1cccs1. The minimum atomic E-state index is 0.776. The van der Waals surface area contributed by atoms with E-state index in [1.807, 2.05) is 23.5 Å². The van der Waals surface area contributed by atoms with Crippen molar-refractivity contribution in [2.45, 2.75) is 19.8 Å². The zero-order chi connectivity index (χ0) is 17.2. The second kappa shape index (κ2) is 9.98. The Morgan fingerprint density at radius 3 is 2.62 bits per heavy atom. The van der Waals surface area contributed by atoms with Crippen LogP contribution in [-0.4, -0.2) is 44.7 Å². The van der Waals surface area contributed by atoms with Crippen molar-refractivity contribution in [3.05, 3.63) is 52.2 Å². The largest absolute Gasteiger partial charge is 0.497 e. The number of guanidine groups is 1. The van der Waals surface area contributed by atoms with E-state index in [4.69, 9.17) is 9.73 Å². The number of methoxy groups -OCH3 is 1. The third kappa shape index (κ3) is 5.89. The third-order valence-corrected chi connectivity index (χ3v) is 4.73. The van der Waals surface area contributed by atoms with E-state index in [-0.39, 0.29) is 0 Å². The smallest absolute Gasteiger partial charge is 0.193 e. The fraction of sp³-hybridized carbons (Fsp3) is 0.421. The molecule has 1 heterocycles. The van der Waals surface area contributed by atoms with E-state index in [0.29, 0.717) is 0 Å². The van der Waals surface area contributed by atoms with Gasteiger partial charge in [0, 0.05) is 31.6 Å². The Kier molecular flexibility index (Phi) is 7.62. The molecule has 2 aromatic rings. The Bertz CT molecular complexity index is 608. The van der Waals surface area contributed by atoms with Gasteiger partial charge in [-0.1, -0.05) is 18.2 Å². The van der Waals surface area contributed by atoms with E-state index < -0.39 is 0 Å². The summed E-state index contributed by atoms with van der Waals surface area (Å²) in [6.07, 6.45) is 1.98. The summed E-state index contributed by atoms with van der Waals surface area (Å²) in [5.74, 6) is 1.87. The van der Waals surface area contributed by atoms with E-state index >= 15 is 0 Å². The molecular weight excluding hydrogens is 318 g/mol. The highest BCUT2D eigenvalue weighted by molar-refractivity contribution is 7.09. The molecule has 0 atom stereocenters. The average Bonchev–Trinajstić information content (AvgIpc) is 3.13. The van der Waals surface area contributed by atoms with Crippen molar-refractivity contribution in [3.8, 4) is 5.75 Å². The molecule has 0 amide bonds. The molecule has 2 rings (SSSR count). The minimum Gasteiger partial charge on any atom is -0.497 e. The highest BCUT2D eigenvalue weighted by atomic mass is 32.1. The third-order valence-electron chi connectivity index (χ3n) is 3.79. The van der Waals surface area contributed by atoms with Crippen LogP contribution in [0.2, 0.25) is 0 Å². The molecular formula is C19H27N3OS. The summed E-state index contributed by atoms with van der Waals surface area (Å²) < 4.78 is 5.19. The van der Waals surface area contributed by atoms with Crippen molar-refractivity contribution in [1.82, 2.24) is 10.2 Å². The second-order valence-corrected chi connectivity index (χ2v) is 6.62. The van der Waals surface area contributed by atoms with Crippen LogP contribution in [0.25, 0.3) is 0 Å². The summed E-state index contributed by atoms with van der Waals surface area (Å²) in [6, 6.07) is 12.5.